The summed E-state index contributed by atoms with van der Waals surface area (Å²) in [7, 11) is -3.72. The average molecular weight is 474 g/mol. The van der Waals surface area contributed by atoms with Crippen molar-refractivity contribution < 1.29 is 18.0 Å². The highest BCUT2D eigenvalue weighted by atomic mass is 32.2. The van der Waals surface area contributed by atoms with E-state index in [4.69, 9.17) is 0 Å². The summed E-state index contributed by atoms with van der Waals surface area (Å²) in [4.78, 5) is 27.7. The van der Waals surface area contributed by atoms with Crippen LogP contribution in [0.4, 0.5) is 5.69 Å². The van der Waals surface area contributed by atoms with Crippen LogP contribution in [0.5, 0.6) is 0 Å². The third-order valence-corrected chi connectivity index (χ3v) is 6.82. The van der Waals surface area contributed by atoms with Crippen LogP contribution in [0.25, 0.3) is 0 Å². The van der Waals surface area contributed by atoms with Gasteiger partial charge in [0.1, 0.15) is 12.6 Å². The van der Waals surface area contributed by atoms with Gasteiger partial charge in [-0.2, -0.15) is 0 Å². The van der Waals surface area contributed by atoms with Crippen molar-refractivity contribution in [1.29, 1.82) is 0 Å². The van der Waals surface area contributed by atoms with Gasteiger partial charge >= 0.3 is 0 Å². The summed E-state index contributed by atoms with van der Waals surface area (Å²) in [6.07, 6.45) is 2.67. The van der Waals surface area contributed by atoms with Gasteiger partial charge in [0.15, 0.2) is 0 Å². The lowest BCUT2D eigenvalue weighted by Crippen LogP contribution is -2.52. The van der Waals surface area contributed by atoms with Crippen molar-refractivity contribution in [3.8, 4) is 0 Å². The van der Waals surface area contributed by atoms with Crippen LogP contribution in [0.1, 0.15) is 45.2 Å². The third kappa shape index (κ3) is 7.60. The van der Waals surface area contributed by atoms with E-state index >= 15 is 0 Å². The minimum Gasteiger partial charge on any atom is -0.352 e. The van der Waals surface area contributed by atoms with Crippen molar-refractivity contribution in [2.24, 2.45) is 0 Å². The number of nitrogens with one attached hydrogen (secondary N) is 1. The molecule has 2 aromatic rings. The fourth-order valence-corrected chi connectivity index (χ4v) is 4.19. The first-order chi connectivity index (χ1) is 15.6. The predicted octanol–water partition coefficient (Wildman–Crippen LogP) is 3.35. The monoisotopic (exact) mass is 473 g/mol. The van der Waals surface area contributed by atoms with Gasteiger partial charge in [-0.05, 0) is 49.9 Å². The number of hydrogen-bond acceptors (Lipinski definition) is 4. The molecule has 0 aliphatic rings. The van der Waals surface area contributed by atoms with Gasteiger partial charge in [0, 0.05) is 12.6 Å². The van der Waals surface area contributed by atoms with Gasteiger partial charge in [-0.25, -0.2) is 8.42 Å². The molecule has 8 heteroatoms. The molecule has 7 nitrogen and oxygen atoms in total. The van der Waals surface area contributed by atoms with Crippen molar-refractivity contribution in [3.05, 3.63) is 65.7 Å². The number of carbonyl (C=O) groups is 2. The number of hydrogen-bond donors (Lipinski definition) is 1. The van der Waals surface area contributed by atoms with Crippen LogP contribution in [-0.4, -0.2) is 50.0 Å². The van der Waals surface area contributed by atoms with Crippen LogP contribution in [0.15, 0.2) is 54.6 Å². The molecule has 0 heterocycles. The van der Waals surface area contributed by atoms with Gasteiger partial charge in [-0.15, -0.1) is 0 Å². The van der Waals surface area contributed by atoms with Gasteiger partial charge < -0.3 is 10.2 Å². The Balaban J connectivity index is 2.34. The number of aryl methyl sites for hydroxylation is 1. The maximum absolute atomic E-state index is 13.4. The van der Waals surface area contributed by atoms with Gasteiger partial charge in [-0.1, -0.05) is 56.3 Å². The van der Waals surface area contributed by atoms with Crippen LogP contribution >= 0.6 is 0 Å². The molecule has 0 radical (unpaired) electrons. The summed E-state index contributed by atoms with van der Waals surface area (Å²) in [6, 6.07) is 15.6. The van der Waals surface area contributed by atoms with Crippen molar-refractivity contribution >= 4 is 27.5 Å². The smallest absolute Gasteiger partial charge is 0.244 e. The van der Waals surface area contributed by atoms with Gasteiger partial charge in [-0.3, -0.25) is 13.9 Å². The van der Waals surface area contributed by atoms with Gasteiger partial charge in [0.25, 0.3) is 0 Å². The van der Waals surface area contributed by atoms with Crippen LogP contribution in [0.2, 0.25) is 0 Å². The van der Waals surface area contributed by atoms with Crippen LogP contribution in [-0.2, 0) is 32.6 Å². The van der Waals surface area contributed by atoms with E-state index in [1.807, 2.05) is 63.2 Å². The SMILES string of the molecule is CCc1ccc(N(CC(=O)N(Cc2ccccc2)[C@H](C)C(=O)N[C@H](C)CC)S(C)(=O)=O)cc1. The zero-order chi connectivity index (χ0) is 24.6. The molecule has 0 aliphatic carbocycles. The quantitative estimate of drug-likeness (QED) is 0.542. The number of rotatable bonds is 11. The molecule has 0 saturated heterocycles. The second kappa shape index (κ2) is 11.8. The highest BCUT2D eigenvalue weighted by Crippen LogP contribution is 2.20. The summed E-state index contributed by atoms with van der Waals surface area (Å²) in [5.74, 6) is -0.720. The molecule has 1 N–H and O–H groups in total. The lowest BCUT2D eigenvalue weighted by molar-refractivity contribution is -0.139. The Morgan fingerprint density at radius 3 is 2.06 bits per heavy atom. The molecular formula is C25H35N3O4S. The lowest BCUT2D eigenvalue weighted by atomic mass is 10.1. The standard InChI is InChI=1S/C25H35N3O4S/c1-6-19(3)26-25(30)20(4)27(17-22-11-9-8-10-12-22)24(29)18-28(33(5,31)32)23-15-13-21(7-2)14-16-23/h8-16,19-20H,6-7,17-18H2,1-5H3,(H,26,30)/t19-,20-/m1/s1. The fraction of sp³-hybridized carbons (Fsp3) is 0.440. The summed E-state index contributed by atoms with van der Waals surface area (Å²) in [5.41, 5.74) is 2.34. The Labute approximate surface area is 197 Å². The molecule has 0 saturated carbocycles. The van der Waals surface area contributed by atoms with Crippen molar-refractivity contribution in [1.82, 2.24) is 10.2 Å². The molecule has 0 bridgehead atoms. The Morgan fingerprint density at radius 1 is 0.939 bits per heavy atom. The van der Waals surface area contributed by atoms with E-state index in [1.54, 1.807) is 19.1 Å². The maximum atomic E-state index is 13.4. The summed E-state index contributed by atoms with van der Waals surface area (Å²) in [5, 5.41) is 2.91. The minimum atomic E-state index is -3.72. The molecule has 2 amide bonds. The first-order valence-corrected chi connectivity index (χ1v) is 13.1. The zero-order valence-corrected chi connectivity index (χ0v) is 20.9. The molecule has 0 aromatic heterocycles. The summed E-state index contributed by atoms with van der Waals surface area (Å²) < 4.78 is 26.2. The zero-order valence-electron chi connectivity index (χ0n) is 20.1. The fourth-order valence-electron chi connectivity index (χ4n) is 3.34. The molecule has 0 unspecified atom stereocenters. The number of benzene rings is 2. The first kappa shape index (κ1) is 26.4. The lowest BCUT2D eigenvalue weighted by Gasteiger charge is -2.32. The van der Waals surface area contributed by atoms with Crippen molar-refractivity contribution in [3.63, 3.8) is 0 Å². The van der Waals surface area contributed by atoms with E-state index < -0.39 is 28.5 Å². The third-order valence-electron chi connectivity index (χ3n) is 5.68. The Kier molecular flexibility index (Phi) is 9.46. The maximum Gasteiger partial charge on any atom is 0.244 e. The van der Waals surface area contributed by atoms with Crippen LogP contribution in [0.3, 0.4) is 0 Å². The van der Waals surface area contributed by atoms with E-state index in [1.165, 1.54) is 4.90 Å². The average Bonchev–Trinajstić information content (AvgIpc) is 2.80. The molecule has 2 atom stereocenters. The Hall–Kier alpha value is -2.87. The molecule has 33 heavy (non-hydrogen) atoms. The molecular weight excluding hydrogens is 438 g/mol. The molecule has 0 spiro atoms. The normalized spacial score (nSPS) is 13.1. The van der Waals surface area contributed by atoms with Gasteiger partial charge in [0.2, 0.25) is 21.8 Å². The molecule has 180 valence electrons. The molecule has 2 rings (SSSR count). The first-order valence-electron chi connectivity index (χ1n) is 11.3. The second-order valence-electron chi connectivity index (χ2n) is 8.29. The van der Waals surface area contributed by atoms with Crippen molar-refractivity contribution in [2.75, 3.05) is 17.1 Å². The Morgan fingerprint density at radius 2 is 1.55 bits per heavy atom. The minimum absolute atomic E-state index is 0.0294. The number of amides is 2. The van der Waals surface area contributed by atoms with E-state index in [-0.39, 0.29) is 18.5 Å². The molecule has 0 aliphatic heterocycles. The number of carbonyl (C=O) groups excluding carboxylic acids is 2. The summed E-state index contributed by atoms with van der Waals surface area (Å²) in [6.45, 7) is 7.36. The second-order valence-corrected chi connectivity index (χ2v) is 10.2. The number of anilines is 1. The molecule has 2 aromatic carbocycles. The van der Waals surface area contributed by atoms with Crippen molar-refractivity contribution in [2.45, 2.75) is 59.2 Å². The Bertz CT molecular complexity index is 1020. The van der Waals surface area contributed by atoms with E-state index in [0.717, 1.165) is 34.5 Å². The molecule has 0 fully saturated rings. The van der Waals surface area contributed by atoms with Crippen LogP contribution in [0, 0.1) is 0 Å². The predicted molar refractivity (Wildman–Crippen MR) is 132 cm³/mol. The van der Waals surface area contributed by atoms with E-state index in [9.17, 15) is 18.0 Å². The van der Waals surface area contributed by atoms with E-state index in [2.05, 4.69) is 5.32 Å². The largest absolute Gasteiger partial charge is 0.352 e. The topological polar surface area (TPSA) is 86.8 Å². The van der Waals surface area contributed by atoms with Gasteiger partial charge in [0.05, 0.1) is 11.9 Å². The number of nitrogens with zero attached hydrogens (tertiary/aromatic N) is 2. The highest BCUT2D eigenvalue weighted by Gasteiger charge is 2.30. The van der Waals surface area contributed by atoms with E-state index in [0.29, 0.717) is 5.69 Å². The summed E-state index contributed by atoms with van der Waals surface area (Å²) >= 11 is 0. The number of sulfonamides is 1. The highest BCUT2D eigenvalue weighted by molar-refractivity contribution is 7.92. The van der Waals surface area contributed by atoms with Crippen LogP contribution < -0.4 is 9.62 Å².